The molecule has 1 N–H and O–H groups in total. The normalized spacial score (nSPS) is 17.6. The van der Waals surface area contributed by atoms with Crippen molar-refractivity contribution in [2.75, 3.05) is 26.2 Å². The minimum absolute atomic E-state index is 0.110. The first-order valence-corrected chi connectivity index (χ1v) is 4.42. The van der Waals surface area contributed by atoms with Crippen molar-refractivity contribution in [2.45, 2.75) is 13.3 Å². The lowest BCUT2D eigenvalue weighted by Gasteiger charge is -2.17. The highest BCUT2D eigenvalue weighted by atomic mass is 16.6. The molecule has 0 aromatic carbocycles. The van der Waals surface area contributed by atoms with Gasteiger partial charge >= 0.3 is 6.09 Å². The van der Waals surface area contributed by atoms with Crippen LogP contribution in [0, 0.1) is 0 Å². The molecule has 0 bridgehead atoms. The Bertz CT molecular complexity index is 206. The van der Waals surface area contributed by atoms with Crippen molar-refractivity contribution in [1.29, 1.82) is 0 Å². The fraction of sp³-hybridized carbons (Fsp3) is 0.750. The third-order valence-electron chi connectivity index (χ3n) is 1.79. The van der Waals surface area contributed by atoms with E-state index in [9.17, 15) is 9.59 Å². The van der Waals surface area contributed by atoms with Gasteiger partial charge in [-0.3, -0.25) is 9.69 Å². The van der Waals surface area contributed by atoms with Crippen LogP contribution < -0.4 is 5.32 Å². The second kappa shape index (κ2) is 4.69. The zero-order chi connectivity index (χ0) is 9.68. The highest BCUT2D eigenvalue weighted by molar-refractivity contribution is 5.82. The molecule has 74 valence electrons. The molecule has 2 amide bonds. The van der Waals surface area contributed by atoms with Crippen molar-refractivity contribution < 1.29 is 14.3 Å². The van der Waals surface area contributed by atoms with Gasteiger partial charge < -0.3 is 10.1 Å². The molecule has 5 nitrogen and oxygen atoms in total. The summed E-state index contributed by atoms with van der Waals surface area (Å²) in [6.45, 7) is 3.41. The molecule has 1 aliphatic rings. The van der Waals surface area contributed by atoms with Crippen LogP contribution in [0.15, 0.2) is 0 Å². The second-order valence-electron chi connectivity index (χ2n) is 2.82. The summed E-state index contributed by atoms with van der Waals surface area (Å²) < 4.78 is 4.79. The van der Waals surface area contributed by atoms with Crippen LogP contribution in [-0.2, 0) is 9.53 Å². The number of amides is 2. The predicted octanol–water partition coefficient (Wildman–Crippen LogP) is -0.0352. The predicted molar refractivity (Wildman–Crippen MR) is 46.2 cm³/mol. The van der Waals surface area contributed by atoms with Gasteiger partial charge in [0.1, 0.15) is 6.54 Å². The zero-order valence-corrected chi connectivity index (χ0v) is 7.71. The van der Waals surface area contributed by atoms with Crippen molar-refractivity contribution in [2.24, 2.45) is 0 Å². The van der Waals surface area contributed by atoms with E-state index in [4.69, 9.17) is 4.74 Å². The van der Waals surface area contributed by atoms with Crippen molar-refractivity contribution in [3.63, 3.8) is 0 Å². The van der Waals surface area contributed by atoms with E-state index in [0.29, 0.717) is 19.7 Å². The summed E-state index contributed by atoms with van der Waals surface area (Å²) in [6, 6.07) is 0. The molecule has 0 aromatic heterocycles. The lowest BCUT2D eigenvalue weighted by molar-refractivity contribution is -0.121. The molecule has 1 rings (SSSR count). The molecule has 0 spiro atoms. The lowest BCUT2D eigenvalue weighted by Crippen LogP contribution is -2.37. The van der Waals surface area contributed by atoms with Crippen LogP contribution in [0.5, 0.6) is 0 Å². The first kappa shape index (κ1) is 9.83. The van der Waals surface area contributed by atoms with Crippen LogP contribution in [0.4, 0.5) is 4.79 Å². The molecule has 0 aromatic rings. The molecule has 0 radical (unpaired) electrons. The Hall–Kier alpha value is -1.26. The molecule has 5 heteroatoms. The van der Waals surface area contributed by atoms with Gasteiger partial charge in [-0.2, -0.15) is 0 Å². The number of rotatable bonds is 1. The molecular weight excluding hydrogens is 172 g/mol. The van der Waals surface area contributed by atoms with Crippen molar-refractivity contribution in [3.8, 4) is 0 Å². The average molecular weight is 186 g/mol. The molecule has 1 aliphatic heterocycles. The minimum Gasteiger partial charge on any atom is -0.450 e. The van der Waals surface area contributed by atoms with Gasteiger partial charge in [-0.25, -0.2) is 4.79 Å². The SMILES string of the molecule is CCOC(=O)N1CCCNC(=O)C1. The Labute approximate surface area is 77.0 Å². The monoisotopic (exact) mass is 186 g/mol. The molecule has 13 heavy (non-hydrogen) atoms. The first-order valence-electron chi connectivity index (χ1n) is 4.42. The van der Waals surface area contributed by atoms with E-state index in [1.165, 1.54) is 4.90 Å². The van der Waals surface area contributed by atoms with Crippen LogP contribution in [0.3, 0.4) is 0 Å². The van der Waals surface area contributed by atoms with Crippen LogP contribution in [0.2, 0.25) is 0 Å². The van der Waals surface area contributed by atoms with Crippen LogP contribution in [-0.4, -0.2) is 43.1 Å². The summed E-state index contributed by atoms with van der Waals surface area (Å²) in [5.74, 6) is -0.120. The van der Waals surface area contributed by atoms with Gasteiger partial charge in [-0.1, -0.05) is 0 Å². The second-order valence-corrected chi connectivity index (χ2v) is 2.82. The zero-order valence-electron chi connectivity index (χ0n) is 7.71. The largest absolute Gasteiger partial charge is 0.450 e. The van der Waals surface area contributed by atoms with Gasteiger partial charge in [0.2, 0.25) is 5.91 Å². The topological polar surface area (TPSA) is 58.6 Å². The first-order chi connectivity index (χ1) is 6.24. The summed E-state index contributed by atoms with van der Waals surface area (Å²) in [4.78, 5) is 23.7. The summed E-state index contributed by atoms with van der Waals surface area (Å²) >= 11 is 0. The maximum Gasteiger partial charge on any atom is 0.410 e. The molecule has 1 heterocycles. The standard InChI is InChI=1S/C8H14N2O3/c1-2-13-8(12)10-5-3-4-9-7(11)6-10/h2-6H2,1H3,(H,9,11). The highest BCUT2D eigenvalue weighted by Crippen LogP contribution is 1.99. The van der Waals surface area contributed by atoms with E-state index in [1.807, 2.05) is 0 Å². The molecule has 1 fully saturated rings. The number of carbonyl (C=O) groups is 2. The van der Waals surface area contributed by atoms with Crippen molar-refractivity contribution in [3.05, 3.63) is 0 Å². The molecule has 1 saturated heterocycles. The highest BCUT2D eigenvalue weighted by Gasteiger charge is 2.19. The summed E-state index contributed by atoms with van der Waals surface area (Å²) in [7, 11) is 0. The molecule has 0 saturated carbocycles. The Morgan fingerprint density at radius 2 is 2.46 bits per heavy atom. The smallest absolute Gasteiger partial charge is 0.410 e. The van der Waals surface area contributed by atoms with E-state index in [2.05, 4.69) is 5.32 Å². The van der Waals surface area contributed by atoms with E-state index in [-0.39, 0.29) is 12.5 Å². The van der Waals surface area contributed by atoms with Crippen LogP contribution >= 0.6 is 0 Å². The van der Waals surface area contributed by atoms with Gasteiger partial charge in [0.25, 0.3) is 0 Å². The van der Waals surface area contributed by atoms with Gasteiger partial charge in [0.15, 0.2) is 0 Å². The quantitative estimate of drug-likeness (QED) is 0.625. The van der Waals surface area contributed by atoms with Crippen LogP contribution in [0.25, 0.3) is 0 Å². The summed E-state index contributed by atoms with van der Waals surface area (Å²) in [5, 5.41) is 2.68. The Kier molecular flexibility index (Phi) is 3.54. The van der Waals surface area contributed by atoms with E-state index in [0.717, 1.165) is 6.42 Å². The van der Waals surface area contributed by atoms with E-state index >= 15 is 0 Å². The van der Waals surface area contributed by atoms with Gasteiger partial charge in [0, 0.05) is 13.1 Å². The van der Waals surface area contributed by atoms with Gasteiger partial charge in [-0.15, -0.1) is 0 Å². The van der Waals surface area contributed by atoms with Crippen molar-refractivity contribution >= 4 is 12.0 Å². The third kappa shape index (κ3) is 2.93. The summed E-state index contributed by atoms with van der Waals surface area (Å²) in [5.41, 5.74) is 0. The molecule has 0 aliphatic carbocycles. The average Bonchev–Trinajstić information content (AvgIpc) is 2.30. The van der Waals surface area contributed by atoms with Crippen molar-refractivity contribution in [1.82, 2.24) is 10.2 Å². The summed E-state index contributed by atoms with van der Waals surface area (Å²) in [6.07, 6.45) is 0.379. The van der Waals surface area contributed by atoms with Gasteiger partial charge in [-0.05, 0) is 13.3 Å². The van der Waals surface area contributed by atoms with E-state index in [1.54, 1.807) is 6.92 Å². The Morgan fingerprint density at radius 3 is 3.15 bits per heavy atom. The number of hydrogen-bond acceptors (Lipinski definition) is 3. The minimum atomic E-state index is -0.403. The number of hydrogen-bond donors (Lipinski definition) is 1. The third-order valence-corrected chi connectivity index (χ3v) is 1.79. The fourth-order valence-corrected chi connectivity index (χ4v) is 1.18. The van der Waals surface area contributed by atoms with Gasteiger partial charge in [0.05, 0.1) is 6.61 Å². The maximum absolute atomic E-state index is 11.2. The van der Waals surface area contributed by atoms with Crippen LogP contribution in [0.1, 0.15) is 13.3 Å². The Balaban J connectivity index is 2.47. The maximum atomic E-state index is 11.2. The Morgan fingerprint density at radius 1 is 1.69 bits per heavy atom. The fourth-order valence-electron chi connectivity index (χ4n) is 1.18. The van der Waals surface area contributed by atoms with E-state index < -0.39 is 6.09 Å². The number of nitrogens with one attached hydrogen (secondary N) is 1. The molecule has 0 unspecified atom stereocenters. The molecular formula is C8H14N2O3. The number of carbonyl (C=O) groups excluding carboxylic acids is 2. The lowest BCUT2D eigenvalue weighted by atomic mass is 10.4. The molecule has 0 atom stereocenters. The number of ether oxygens (including phenoxy) is 1. The number of nitrogens with zero attached hydrogens (tertiary/aromatic N) is 1.